The molecule has 1 N–H and O–H groups in total. The summed E-state index contributed by atoms with van der Waals surface area (Å²) in [5.41, 5.74) is 2.62. The quantitative estimate of drug-likeness (QED) is 0.531. The zero-order chi connectivity index (χ0) is 20.8. The number of ether oxygens (including phenoxy) is 2. The van der Waals surface area contributed by atoms with Crippen LogP contribution in [-0.2, 0) is 0 Å². The van der Waals surface area contributed by atoms with Crippen LogP contribution in [0.25, 0.3) is 0 Å². The average Bonchev–Trinajstić information content (AvgIpc) is 2.80. The van der Waals surface area contributed by atoms with Gasteiger partial charge in [-0.25, -0.2) is 0 Å². The molecule has 0 fully saturated rings. The second kappa shape index (κ2) is 9.35. The summed E-state index contributed by atoms with van der Waals surface area (Å²) in [7, 11) is 0. The van der Waals surface area contributed by atoms with E-state index in [0.717, 1.165) is 34.7 Å². The van der Waals surface area contributed by atoms with E-state index in [0.29, 0.717) is 19.8 Å². The molecule has 0 spiro atoms. The number of hydrogen-bond donors (Lipinski definition) is 1. The molecule has 5 nitrogen and oxygen atoms in total. The molecule has 0 aromatic heterocycles. The lowest BCUT2D eigenvalue weighted by atomic mass is 10.0. The number of para-hydroxylation sites is 2. The Labute approximate surface area is 177 Å². The molecule has 0 aliphatic carbocycles. The lowest BCUT2D eigenvalue weighted by Gasteiger charge is -2.38. The van der Waals surface area contributed by atoms with Crippen molar-refractivity contribution in [2.24, 2.45) is 0 Å². The van der Waals surface area contributed by atoms with Crippen molar-refractivity contribution in [2.75, 3.05) is 25.1 Å². The monoisotopic (exact) mass is 402 g/mol. The van der Waals surface area contributed by atoms with Gasteiger partial charge >= 0.3 is 0 Å². The van der Waals surface area contributed by atoms with Crippen LogP contribution in [0.1, 0.15) is 35.4 Å². The maximum Gasteiger partial charge on any atom is 0.257 e. The second-order valence-corrected chi connectivity index (χ2v) is 7.17. The van der Waals surface area contributed by atoms with Gasteiger partial charge in [0.25, 0.3) is 5.91 Å². The Morgan fingerprint density at radius 2 is 1.47 bits per heavy atom. The van der Waals surface area contributed by atoms with Gasteiger partial charge < -0.3 is 19.7 Å². The third-order valence-electron chi connectivity index (χ3n) is 5.05. The van der Waals surface area contributed by atoms with Crippen molar-refractivity contribution < 1.29 is 14.3 Å². The smallest absolute Gasteiger partial charge is 0.257 e. The number of anilines is 1. The zero-order valence-electron chi connectivity index (χ0n) is 17.1. The summed E-state index contributed by atoms with van der Waals surface area (Å²) in [5.74, 6) is 1.68. The molecule has 5 heteroatoms. The maximum absolute atomic E-state index is 13.0. The minimum absolute atomic E-state index is 0.0644. The summed E-state index contributed by atoms with van der Waals surface area (Å²) in [4.78, 5) is 14.9. The Bertz CT molecular complexity index is 973. The van der Waals surface area contributed by atoms with Crippen LogP contribution in [0.3, 0.4) is 0 Å². The lowest BCUT2D eigenvalue weighted by Crippen LogP contribution is -2.43. The molecular formula is C25H26N2O3. The van der Waals surface area contributed by atoms with Crippen molar-refractivity contribution in [1.29, 1.82) is 0 Å². The molecule has 30 heavy (non-hydrogen) atoms. The van der Waals surface area contributed by atoms with Gasteiger partial charge in [0.05, 0.1) is 5.56 Å². The molecule has 1 heterocycles. The minimum Gasteiger partial charge on any atom is -0.490 e. The fourth-order valence-electron chi connectivity index (χ4n) is 3.61. The molecule has 3 aromatic rings. The van der Waals surface area contributed by atoms with E-state index in [1.54, 1.807) is 0 Å². The lowest BCUT2D eigenvalue weighted by molar-refractivity contribution is 0.0683. The van der Waals surface area contributed by atoms with Crippen LogP contribution < -0.4 is 14.8 Å². The van der Waals surface area contributed by atoms with Crippen LogP contribution in [0.5, 0.6) is 11.5 Å². The van der Waals surface area contributed by atoms with E-state index in [1.165, 1.54) is 0 Å². The number of fused-ring (bicyclic) bond motifs is 1. The molecule has 1 atom stereocenters. The Kier molecular flexibility index (Phi) is 6.18. The molecule has 1 aliphatic rings. The molecule has 0 saturated carbocycles. The van der Waals surface area contributed by atoms with Crippen molar-refractivity contribution >= 4 is 11.6 Å². The highest BCUT2D eigenvalue weighted by Crippen LogP contribution is 2.33. The number of benzene rings is 3. The van der Waals surface area contributed by atoms with Gasteiger partial charge in [-0.05, 0) is 48.4 Å². The number of nitrogens with zero attached hydrogens (tertiary/aromatic N) is 1. The van der Waals surface area contributed by atoms with Crippen LogP contribution in [0.4, 0.5) is 5.69 Å². The predicted octanol–water partition coefficient (Wildman–Crippen LogP) is 5.12. The molecule has 0 bridgehead atoms. The molecule has 154 valence electrons. The SMILES string of the molecule is CCCN1C(=O)c2ccccc2NC1c1ccc(OCCOc2ccccc2)cc1. The van der Waals surface area contributed by atoms with Gasteiger partial charge in [-0.3, -0.25) is 4.79 Å². The molecule has 1 unspecified atom stereocenters. The number of hydrogen-bond acceptors (Lipinski definition) is 4. The molecule has 1 aliphatic heterocycles. The van der Waals surface area contributed by atoms with Crippen LogP contribution in [-0.4, -0.2) is 30.6 Å². The highest BCUT2D eigenvalue weighted by atomic mass is 16.5. The van der Waals surface area contributed by atoms with E-state index in [2.05, 4.69) is 12.2 Å². The number of nitrogens with one attached hydrogen (secondary N) is 1. The van der Waals surface area contributed by atoms with Crippen LogP contribution >= 0.6 is 0 Å². The molecule has 1 amide bonds. The number of carbonyl (C=O) groups excluding carboxylic acids is 1. The van der Waals surface area contributed by atoms with Crippen molar-refractivity contribution in [3.63, 3.8) is 0 Å². The second-order valence-electron chi connectivity index (χ2n) is 7.17. The minimum atomic E-state index is -0.192. The van der Waals surface area contributed by atoms with Gasteiger partial charge in [-0.15, -0.1) is 0 Å². The van der Waals surface area contributed by atoms with Crippen molar-refractivity contribution in [2.45, 2.75) is 19.5 Å². The first-order valence-electron chi connectivity index (χ1n) is 10.3. The molecular weight excluding hydrogens is 376 g/mol. The highest BCUT2D eigenvalue weighted by molar-refractivity contribution is 6.01. The first-order chi connectivity index (χ1) is 14.8. The summed E-state index contributed by atoms with van der Waals surface area (Å²) in [6, 6.07) is 25.3. The molecule has 0 saturated heterocycles. The summed E-state index contributed by atoms with van der Waals surface area (Å²) < 4.78 is 11.4. The zero-order valence-corrected chi connectivity index (χ0v) is 17.1. The van der Waals surface area contributed by atoms with Crippen LogP contribution in [0.2, 0.25) is 0 Å². The Hall–Kier alpha value is -3.47. The summed E-state index contributed by atoms with van der Waals surface area (Å²) in [5, 5.41) is 3.51. The third-order valence-corrected chi connectivity index (χ3v) is 5.05. The standard InChI is InChI=1S/C25H26N2O3/c1-2-16-27-24(26-23-11-7-6-10-22(23)25(27)28)19-12-14-21(15-13-19)30-18-17-29-20-8-4-3-5-9-20/h3-15,24,26H,2,16-18H2,1H3. The number of carbonyl (C=O) groups is 1. The summed E-state index contributed by atoms with van der Waals surface area (Å²) in [6.45, 7) is 3.72. The van der Waals surface area contributed by atoms with E-state index < -0.39 is 0 Å². The normalized spacial score (nSPS) is 15.3. The molecule has 3 aromatic carbocycles. The summed E-state index contributed by atoms with van der Waals surface area (Å²) >= 11 is 0. The Morgan fingerprint density at radius 1 is 0.833 bits per heavy atom. The van der Waals surface area contributed by atoms with Crippen LogP contribution in [0, 0.1) is 0 Å². The van der Waals surface area contributed by atoms with Crippen LogP contribution in [0.15, 0.2) is 78.9 Å². The van der Waals surface area contributed by atoms with E-state index >= 15 is 0 Å². The fourth-order valence-corrected chi connectivity index (χ4v) is 3.61. The topological polar surface area (TPSA) is 50.8 Å². The van der Waals surface area contributed by atoms with Crippen molar-refractivity contribution in [3.05, 3.63) is 90.0 Å². The predicted molar refractivity (Wildman–Crippen MR) is 118 cm³/mol. The van der Waals surface area contributed by atoms with E-state index in [1.807, 2.05) is 83.8 Å². The average molecular weight is 402 g/mol. The van der Waals surface area contributed by atoms with Gasteiger partial charge in [0.15, 0.2) is 0 Å². The third kappa shape index (κ3) is 4.40. The van der Waals surface area contributed by atoms with Crippen molar-refractivity contribution in [3.8, 4) is 11.5 Å². The first kappa shape index (κ1) is 19.8. The van der Waals surface area contributed by atoms with E-state index in [-0.39, 0.29) is 12.1 Å². The Balaban J connectivity index is 1.40. The van der Waals surface area contributed by atoms with Gasteiger partial charge in [-0.2, -0.15) is 0 Å². The van der Waals surface area contributed by atoms with E-state index in [9.17, 15) is 4.79 Å². The van der Waals surface area contributed by atoms with Gasteiger partial charge in [0.1, 0.15) is 30.9 Å². The number of amides is 1. The number of rotatable bonds is 8. The Morgan fingerprint density at radius 3 is 2.17 bits per heavy atom. The molecule has 0 radical (unpaired) electrons. The fraction of sp³-hybridized carbons (Fsp3) is 0.240. The van der Waals surface area contributed by atoms with Gasteiger partial charge in [0, 0.05) is 12.2 Å². The first-order valence-corrected chi connectivity index (χ1v) is 10.3. The summed E-state index contributed by atoms with van der Waals surface area (Å²) in [6.07, 6.45) is 0.706. The van der Waals surface area contributed by atoms with E-state index in [4.69, 9.17) is 9.47 Å². The molecule has 4 rings (SSSR count). The van der Waals surface area contributed by atoms with Gasteiger partial charge in [0.2, 0.25) is 0 Å². The van der Waals surface area contributed by atoms with Crippen molar-refractivity contribution in [1.82, 2.24) is 4.90 Å². The van der Waals surface area contributed by atoms with Gasteiger partial charge in [-0.1, -0.05) is 49.4 Å². The maximum atomic E-state index is 13.0. The highest BCUT2D eigenvalue weighted by Gasteiger charge is 2.32. The largest absolute Gasteiger partial charge is 0.490 e.